The Bertz CT molecular complexity index is 257. The summed E-state index contributed by atoms with van der Waals surface area (Å²) < 4.78 is 0. The summed E-state index contributed by atoms with van der Waals surface area (Å²) in [7, 11) is 0. The van der Waals surface area contributed by atoms with Crippen molar-refractivity contribution in [2.24, 2.45) is 5.92 Å². The van der Waals surface area contributed by atoms with Gasteiger partial charge in [-0.15, -0.1) is 0 Å². The second kappa shape index (κ2) is 5.15. The molecule has 92 valence electrons. The number of hydrogen-bond acceptors (Lipinski definition) is 3. The minimum atomic E-state index is -0.618. The number of fused-ring (bicyclic) bond motifs is 2. The third-order valence-corrected chi connectivity index (χ3v) is 4.07. The summed E-state index contributed by atoms with van der Waals surface area (Å²) >= 11 is 0. The molecule has 2 fully saturated rings. The number of hydrogen-bond donors (Lipinski definition) is 2. The monoisotopic (exact) mass is 227 g/mol. The standard InChI is InChI=1S/C12H21NO3/c14-7-3-1-2-6-13-9-4-5-11(13)10(8-9)12(15)16/h9-11,14H,1-8H2,(H,15,16). The highest BCUT2D eigenvalue weighted by atomic mass is 16.4. The van der Waals surface area contributed by atoms with Crippen molar-refractivity contribution in [2.75, 3.05) is 13.2 Å². The van der Waals surface area contributed by atoms with Crippen molar-refractivity contribution in [3.8, 4) is 0 Å². The summed E-state index contributed by atoms with van der Waals surface area (Å²) in [6.45, 7) is 1.28. The fourth-order valence-electron chi connectivity index (χ4n) is 3.30. The van der Waals surface area contributed by atoms with Crippen molar-refractivity contribution in [3.05, 3.63) is 0 Å². The molecule has 16 heavy (non-hydrogen) atoms. The number of aliphatic hydroxyl groups is 1. The van der Waals surface area contributed by atoms with Gasteiger partial charge < -0.3 is 10.2 Å². The molecule has 3 unspecified atom stereocenters. The van der Waals surface area contributed by atoms with Gasteiger partial charge in [-0.1, -0.05) is 0 Å². The summed E-state index contributed by atoms with van der Waals surface area (Å²) in [6, 6.07) is 0.803. The molecule has 0 aromatic carbocycles. The van der Waals surface area contributed by atoms with Crippen molar-refractivity contribution >= 4 is 5.97 Å². The predicted octanol–water partition coefficient (Wildman–Crippen LogP) is 1.09. The molecule has 0 aromatic rings. The molecule has 2 rings (SSSR count). The van der Waals surface area contributed by atoms with E-state index in [-0.39, 0.29) is 18.6 Å². The van der Waals surface area contributed by atoms with Crippen LogP contribution in [0.2, 0.25) is 0 Å². The molecule has 2 aliphatic rings. The van der Waals surface area contributed by atoms with Crippen LogP contribution < -0.4 is 0 Å². The minimum Gasteiger partial charge on any atom is -0.481 e. The molecule has 2 N–H and O–H groups in total. The predicted molar refractivity (Wildman–Crippen MR) is 60.2 cm³/mol. The third kappa shape index (κ3) is 2.23. The molecular formula is C12H21NO3. The number of aliphatic hydroxyl groups excluding tert-OH is 1. The average molecular weight is 227 g/mol. The van der Waals surface area contributed by atoms with Gasteiger partial charge in [0, 0.05) is 18.7 Å². The zero-order valence-electron chi connectivity index (χ0n) is 9.64. The van der Waals surface area contributed by atoms with Crippen LogP contribution in [0.1, 0.15) is 38.5 Å². The maximum absolute atomic E-state index is 11.1. The Morgan fingerprint density at radius 2 is 2.06 bits per heavy atom. The van der Waals surface area contributed by atoms with Crippen molar-refractivity contribution in [1.82, 2.24) is 4.90 Å². The van der Waals surface area contributed by atoms with Crippen LogP contribution in [-0.4, -0.2) is 46.3 Å². The molecular weight excluding hydrogens is 206 g/mol. The van der Waals surface area contributed by atoms with Crippen molar-refractivity contribution in [1.29, 1.82) is 0 Å². The summed E-state index contributed by atoms with van der Waals surface area (Å²) in [6.07, 6.45) is 6.08. The van der Waals surface area contributed by atoms with Crippen LogP contribution in [0.25, 0.3) is 0 Å². The molecule has 0 aliphatic carbocycles. The fraction of sp³-hybridized carbons (Fsp3) is 0.917. The Hall–Kier alpha value is -0.610. The minimum absolute atomic E-state index is 0.128. The molecule has 2 aliphatic heterocycles. The average Bonchev–Trinajstić information content (AvgIpc) is 2.81. The van der Waals surface area contributed by atoms with Gasteiger partial charge in [0.15, 0.2) is 0 Å². The van der Waals surface area contributed by atoms with E-state index in [0.29, 0.717) is 6.04 Å². The number of carboxylic acid groups (broad SMARTS) is 1. The summed E-state index contributed by atoms with van der Waals surface area (Å²) in [5.41, 5.74) is 0. The lowest BCUT2D eigenvalue weighted by Gasteiger charge is -2.22. The maximum atomic E-state index is 11.1. The Labute approximate surface area is 96.3 Å². The van der Waals surface area contributed by atoms with Crippen LogP contribution in [0.3, 0.4) is 0 Å². The third-order valence-electron chi connectivity index (χ3n) is 4.07. The number of rotatable bonds is 6. The zero-order valence-corrected chi connectivity index (χ0v) is 9.64. The first-order chi connectivity index (χ1) is 7.74. The van der Waals surface area contributed by atoms with E-state index in [0.717, 1.165) is 38.6 Å². The van der Waals surface area contributed by atoms with E-state index >= 15 is 0 Å². The smallest absolute Gasteiger partial charge is 0.308 e. The van der Waals surface area contributed by atoms with Crippen LogP contribution in [0.4, 0.5) is 0 Å². The number of carbonyl (C=O) groups is 1. The van der Waals surface area contributed by atoms with Gasteiger partial charge in [0.05, 0.1) is 5.92 Å². The first kappa shape index (κ1) is 11.9. The van der Waals surface area contributed by atoms with E-state index in [4.69, 9.17) is 10.2 Å². The number of unbranched alkanes of at least 4 members (excludes halogenated alkanes) is 2. The molecule has 4 nitrogen and oxygen atoms in total. The lowest BCUT2D eigenvalue weighted by atomic mass is 9.89. The molecule has 0 aromatic heterocycles. The quantitative estimate of drug-likeness (QED) is 0.667. The van der Waals surface area contributed by atoms with Gasteiger partial charge in [-0.2, -0.15) is 0 Å². The number of nitrogens with zero attached hydrogens (tertiary/aromatic N) is 1. The molecule has 3 atom stereocenters. The van der Waals surface area contributed by atoms with Gasteiger partial charge in [-0.3, -0.25) is 9.69 Å². The van der Waals surface area contributed by atoms with Gasteiger partial charge in [-0.05, 0) is 45.1 Å². The number of carboxylic acids is 1. The topological polar surface area (TPSA) is 60.8 Å². The number of aliphatic carboxylic acids is 1. The SMILES string of the molecule is O=C(O)C1CC2CCC1N2CCCCCO. The van der Waals surface area contributed by atoms with Crippen LogP contribution in [0, 0.1) is 5.92 Å². The van der Waals surface area contributed by atoms with Crippen molar-refractivity contribution < 1.29 is 15.0 Å². The van der Waals surface area contributed by atoms with Crippen LogP contribution in [0.5, 0.6) is 0 Å². The van der Waals surface area contributed by atoms with Crippen molar-refractivity contribution in [3.63, 3.8) is 0 Å². The largest absolute Gasteiger partial charge is 0.481 e. The van der Waals surface area contributed by atoms with Gasteiger partial charge in [-0.25, -0.2) is 0 Å². The highest BCUT2D eigenvalue weighted by molar-refractivity contribution is 5.71. The molecule has 0 radical (unpaired) electrons. The van der Waals surface area contributed by atoms with Crippen molar-refractivity contribution in [2.45, 2.75) is 50.6 Å². The normalized spacial score (nSPS) is 33.4. The van der Waals surface area contributed by atoms with Gasteiger partial charge in [0.1, 0.15) is 0 Å². The Kier molecular flexibility index (Phi) is 3.82. The van der Waals surface area contributed by atoms with Gasteiger partial charge >= 0.3 is 5.97 Å². The van der Waals surface area contributed by atoms with E-state index in [1.54, 1.807) is 0 Å². The van der Waals surface area contributed by atoms with E-state index in [1.807, 2.05) is 0 Å². The molecule has 0 amide bonds. The van der Waals surface area contributed by atoms with Crippen LogP contribution in [0.15, 0.2) is 0 Å². The second-order valence-electron chi connectivity index (χ2n) is 5.00. The Morgan fingerprint density at radius 1 is 1.25 bits per heavy atom. The fourth-order valence-corrected chi connectivity index (χ4v) is 3.30. The van der Waals surface area contributed by atoms with E-state index in [9.17, 15) is 4.79 Å². The molecule has 2 bridgehead atoms. The molecule has 4 heteroatoms. The first-order valence-electron chi connectivity index (χ1n) is 6.33. The Balaban J connectivity index is 1.80. The van der Waals surface area contributed by atoms with E-state index in [2.05, 4.69) is 4.90 Å². The lowest BCUT2D eigenvalue weighted by Crippen LogP contribution is -2.33. The van der Waals surface area contributed by atoms with Crippen LogP contribution >= 0.6 is 0 Å². The highest BCUT2D eigenvalue weighted by Gasteiger charge is 2.48. The second-order valence-corrected chi connectivity index (χ2v) is 5.00. The maximum Gasteiger partial charge on any atom is 0.308 e. The highest BCUT2D eigenvalue weighted by Crippen LogP contribution is 2.41. The lowest BCUT2D eigenvalue weighted by molar-refractivity contribution is -0.142. The van der Waals surface area contributed by atoms with Crippen LogP contribution in [-0.2, 0) is 4.79 Å². The molecule has 0 spiro atoms. The summed E-state index contributed by atoms with van der Waals surface area (Å²) in [4.78, 5) is 13.5. The van der Waals surface area contributed by atoms with E-state index < -0.39 is 5.97 Å². The van der Waals surface area contributed by atoms with E-state index in [1.165, 1.54) is 6.42 Å². The zero-order chi connectivity index (χ0) is 11.5. The first-order valence-corrected chi connectivity index (χ1v) is 6.33. The summed E-state index contributed by atoms with van der Waals surface area (Å²) in [5.74, 6) is -0.746. The van der Waals surface area contributed by atoms with Gasteiger partial charge in [0.25, 0.3) is 0 Å². The molecule has 2 saturated heterocycles. The Morgan fingerprint density at radius 3 is 2.69 bits per heavy atom. The molecule has 2 heterocycles. The molecule has 0 saturated carbocycles. The summed E-state index contributed by atoms with van der Waals surface area (Å²) in [5, 5.41) is 17.8. The van der Waals surface area contributed by atoms with Gasteiger partial charge in [0.2, 0.25) is 0 Å².